The number of ether oxygens (including phenoxy) is 1. The van der Waals surface area contributed by atoms with Gasteiger partial charge in [0.15, 0.2) is 0 Å². The Hall–Kier alpha value is -2.03. The van der Waals surface area contributed by atoms with Gasteiger partial charge in [0.25, 0.3) is 0 Å². The molecule has 0 aromatic heterocycles. The molecule has 2 aromatic rings. The van der Waals surface area contributed by atoms with Crippen LogP contribution >= 0.6 is 15.9 Å². The number of fused-ring (bicyclic) bond motifs is 1. The van der Waals surface area contributed by atoms with E-state index in [1.165, 1.54) is 0 Å². The molecule has 8 heteroatoms. The Balaban J connectivity index is 1.58. The molecule has 0 bridgehead atoms. The monoisotopic (exact) mass is 420 g/mol. The maximum atomic E-state index is 12.2. The van der Waals surface area contributed by atoms with Crippen LogP contribution < -0.4 is 15.4 Å². The second-order valence-corrected chi connectivity index (χ2v) is 6.87. The first-order valence-corrected chi connectivity index (χ1v) is 9.18. The van der Waals surface area contributed by atoms with Crippen molar-refractivity contribution in [2.45, 2.75) is 13.0 Å². The highest BCUT2D eigenvalue weighted by atomic mass is 79.9. The van der Waals surface area contributed by atoms with E-state index in [0.29, 0.717) is 11.4 Å². The predicted molar refractivity (Wildman–Crippen MR) is 104 cm³/mol. The topological polar surface area (TPSA) is 75.1 Å². The van der Waals surface area contributed by atoms with Crippen molar-refractivity contribution in [3.63, 3.8) is 0 Å². The van der Waals surface area contributed by atoms with E-state index in [-0.39, 0.29) is 18.5 Å². The minimum absolute atomic E-state index is 0.0182. The molecule has 1 unspecified atom stereocenters. The summed E-state index contributed by atoms with van der Waals surface area (Å²) in [6.07, 6.45) is 0. The van der Waals surface area contributed by atoms with Crippen LogP contribution in [0.2, 0.25) is 0 Å². The molecule has 0 saturated heterocycles. The molecule has 0 radical (unpaired) electrons. The highest BCUT2D eigenvalue weighted by Gasteiger charge is 2.14. The third-order valence-corrected chi connectivity index (χ3v) is 4.97. The molecule has 2 N–H and O–H groups in total. The van der Waals surface area contributed by atoms with Crippen molar-refractivity contribution in [1.29, 1.82) is 0 Å². The Morgan fingerprint density at radius 3 is 2.92 bits per heavy atom. The first-order valence-electron chi connectivity index (χ1n) is 7.66. The lowest BCUT2D eigenvalue weighted by Gasteiger charge is -2.16. The summed E-state index contributed by atoms with van der Waals surface area (Å²) in [5.74, 6) is 0.651. The summed E-state index contributed by atoms with van der Waals surface area (Å²) in [5, 5.41) is 6.10. The van der Waals surface area contributed by atoms with Gasteiger partial charge in [0.1, 0.15) is 17.1 Å². The number of rotatable bonds is 6. The van der Waals surface area contributed by atoms with Crippen LogP contribution in [0.3, 0.4) is 0 Å². The Labute approximate surface area is 158 Å². The maximum absolute atomic E-state index is 12.2. The number of carbonyl (C=O) groups is 1. The van der Waals surface area contributed by atoms with E-state index in [4.69, 9.17) is 4.74 Å². The number of carbonyl (C=O) groups excluding carboxylic acids is 1. The van der Waals surface area contributed by atoms with Gasteiger partial charge in [0.05, 0.1) is 35.2 Å². The number of halogens is 1. The Morgan fingerprint density at radius 1 is 1.32 bits per heavy atom. The number of hydrogen-bond donors (Lipinski definition) is 2. The Bertz CT molecular complexity index is 881. The van der Waals surface area contributed by atoms with Crippen LogP contribution in [-0.2, 0) is 16.1 Å². The molecule has 2 aromatic carbocycles. The van der Waals surface area contributed by atoms with Crippen LogP contribution in [0.25, 0.3) is 0 Å². The average molecular weight is 421 g/mol. The molecule has 25 heavy (non-hydrogen) atoms. The molecule has 0 aliphatic carbocycles. The summed E-state index contributed by atoms with van der Waals surface area (Å²) in [5.41, 5.74) is 3.24. The van der Waals surface area contributed by atoms with Gasteiger partial charge in [0, 0.05) is 6.04 Å². The highest BCUT2D eigenvalue weighted by Crippen LogP contribution is 2.38. The molecule has 3 rings (SSSR count). The van der Waals surface area contributed by atoms with Crippen LogP contribution in [-0.4, -0.2) is 19.6 Å². The molecule has 1 aliphatic heterocycles. The van der Waals surface area contributed by atoms with Crippen molar-refractivity contribution in [1.82, 2.24) is 5.32 Å². The fraction of sp³-hybridized carbons (Fsp3) is 0.235. The second kappa shape index (κ2) is 7.90. The van der Waals surface area contributed by atoms with Crippen molar-refractivity contribution in [3.8, 4) is 5.75 Å². The lowest BCUT2D eigenvalue weighted by molar-refractivity contribution is -0.115. The number of nitrogens with zero attached hydrogens (tertiary/aromatic N) is 2. The number of nitrogens with one attached hydrogen (secondary N) is 2. The van der Waals surface area contributed by atoms with Gasteiger partial charge >= 0.3 is 0 Å². The predicted octanol–water partition coefficient (Wildman–Crippen LogP) is 4.47. The van der Waals surface area contributed by atoms with Crippen LogP contribution in [0.4, 0.5) is 17.1 Å². The molecule has 130 valence electrons. The van der Waals surface area contributed by atoms with Crippen molar-refractivity contribution in [3.05, 3.63) is 46.4 Å². The second-order valence-electron chi connectivity index (χ2n) is 5.48. The normalized spacial score (nSPS) is 13.1. The van der Waals surface area contributed by atoms with E-state index in [0.717, 1.165) is 32.8 Å². The third-order valence-electron chi connectivity index (χ3n) is 3.80. The van der Waals surface area contributed by atoms with Gasteiger partial charge in [0.2, 0.25) is 5.91 Å². The van der Waals surface area contributed by atoms with E-state index in [2.05, 4.69) is 35.3 Å². The standard InChI is InChI=1S/C17H17BrN4O2S/c1-10(11-6-7-15(24-2)12(18)8-11)19-9-16(23)20-13-4-3-5-14-17(13)22-25-21-14/h3-8,10,19H,9H2,1-2H3,(H,20,23). The largest absolute Gasteiger partial charge is 0.496 e. The highest BCUT2D eigenvalue weighted by molar-refractivity contribution is 9.10. The van der Waals surface area contributed by atoms with Crippen LogP contribution in [0.1, 0.15) is 18.5 Å². The molecule has 0 spiro atoms. The minimum atomic E-state index is -0.125. The summed E-state index contributed by atoms with van der Waals surface area (Å²) in [4.78, 5) is 12.2. The summed E-state index contributed by atoms with van der Waals surface area (Å²) in [6.45, 7) is 2.20. The average Bonchev–Trinajstić information content (AvgIpc) is 3.09. The van der Waals surface area contributed by atoms with E-state index in [9.17, 15) is 4.79 Å². The van der Waals surface area contributed by atoms with Crippen molar-refractivity contribution >= 4 is 50.3 Å². The zero-order chi connectivity index (χ0) is 17.8. The lowest BCUT2D eigenvalue weighted by Crippen LogP contribution is -2.30. The smallest absolute Gasteiger partial charge is 0.238 e. The third kappa shape index (κ3) is 4.15. The van der Waals surface area contributed by atoms with Gasteiger partial charge in [-0.1, -0.05) is 12.1 Å². The molecular weight excluding hydrogens is 404 g/mol. The van der Waals surface area contributed by atoms with E-state index in [1.54, 1.807) is 7.11 Å². The number of hydrogen-bond acceptors (Lipinski definition) is 5. The molecule has 1 aliphatic rings. The zero-order valence-corrected chi connectivity index (χ0v) is 16.1. The fourth-order valence-electron chi connectivity index (χ4n) is 2.42. The number of methoxy groups -OCH3 is 1. The van der Waals surface area contributed by atoms with Gasteiger partial charge in [-0.15, -0.1) is 0 Å². The number of benzene rings is 2. The Morgan fingerprint density at radius 2 is 2.16 bits per heavy atom. The van der Waals surface area contributed by atoms with Gasteiger partial charge in [-0.3, -0.25) is 4.79 Å². The molecular formula is C17H17BrN4O2S. The first-order chi connectivity index (χ1) is 12.1. The van der Waals surface area contributed by atoms with Crippen LogP contribution in [0.5, 0.6) is 5.75 Å². The van der Waals surface area contributed by atoms with Crippen molar-refractivity contribution in [2.75, 3.05) is 19.0 Å². The zero-order valence-electron chi connectivity index (χ0n) is 13.7. The van der Waals surface area contributed by atoms with E-state index in [1.807, 2.05) is 43.3 Å². The number of amides is 1. The van der Waals surface area contributed by atoms with Gasteiger partial charge in [-0.25, -0.2) is 0 Å². The molecule has 0 saturated carbocycles. The van der Waals surface area contributed by atoms with Crippen molar-refractivity contribution in [2.24, 2.45) is 8.73 Å². The van der Waals surface area contributed by atoms with E-state index < -0.39 is 0 Å². The van der Waals surface area contributed by atoms with Gasteiger partial charge in [-0.05, 0) is 52.7 Å². The maximum Gasteiger partial charge on any atom is 0.238 e. The summed E-state index contributed by atoms with van der Waals surface area (Å²) in [7, 11) is 1.63. The summed E-state index contributed by atoms with van der Waals surface area (Å²) < 4.78 is 14.5. The van der Waals surface area contributed by atoms with Gasteiger partial charge in [-0.2, -0.15) is 8.73 Å². The summed E-state index contributed by atoms with van der Waals surface area (Å²) in [6, 6.07) is 11.4. The van der Waals surface area contributed by atoms with E-state index >= 15 is 0 Å². The molecule has 6 nitrogen and oxygen atoms in total. The first kappa shape index (κ1) is 17.8. The van der Waals surface area contributed by atoms with Crippen LogP contribution in [0, 0.1) is 0 Å². The van der Waals surface area contributed by atoms with Crippen molar-refractivity contribution < 1.29 is 9.53 Å². The fourth-order valence-corrected chi connectivity index (χ4v) is 3.53. The number of anilines is 1. The minimum Gasteiger partial charge on any atom is -0.496 e. The van der Waals surface area contributed by atoms with Crippen LogP contribution in [0.15, 0.2) is 49.6 Å². The van der Waals surface area contributed by atoms with Gasteiger partial charge < -0.3 is 15.4 Å². The lowest BCUT2D eigenvalue weighted by atomic mass is 10.1. The Kier molecular flexibility index (Phi) is 5.62. The molecule has 0 fully saturated rings. The quantitative estimate of drug-likeness (QED) is 0.617. The molecule has 1 heterocycles. The molecule has 1 atom stereocenters. The molecule has 1 amide bonds. The SMILES string of the molecule is COc1ccc(C(C)NCC(=O)Nc2cccc3c2N=S=N3)cc1Br. The summed E-state index contributed by atoms with van der Waals surface area (Å²) >= 11 is 4.61.